The second-order valence-electron chi connectivity index (χ2n) is 4.07. The minimum Gasteiger partial charge on any atom is -0.478 e. The number of carbonyl (C=O) groups is 2. The Bertz CT molecular complexity index is 663. The zero-order chi connectivity index (χ0) is 14.7. The van der Waals surface area contributed by atoms with E-state index in [4.69, 9.17) is 21.1 Å². The molecule has 1 aromatic heterocycles. The van der Waals surface area contributed by atoms with Gasteiger partial charge >= 0.3 is 5.97 Å². The fraction of sp³-hybridized carbons (Fsp3) is 0.143. The van der Waals surface area contributed by atoms with Crippen LogP contribution >= 0.6 is 11.6 Å². The molecule has 2 aromatic rings. The molecule has 1 heterocycles. The van der Waals surface area contributed by atoms with Crippen molar-refractivity contribution in [1.29, 1.82) is 0 Å². The lowest BCUT2D eigenvalue weighted by Gasteiger charge is -2.05. The molecule has 0 unspecified atom stereocenters. The number of carbonyl (C=O) groups excluding carboxylic acids is 1. The van der Waals surface area contributed by atoms with Gasteiger partial charge in [-0.05, 0) is 30.3 Å². The fourth-order valence-electron chi connectivity index (χ4n) is 1.65. The number of rotatable bonds is 4. The van der Waals surface area contributed by atoms with Gasteiger partial charge in [-0.15, -0.1) is 0 Å². The molecule has 0 atom stereocenters. The van der Waals surface area contributed by atoms with Crippen LogP contribution in [0.1, 0.15) is 33.6 Å². The first-order valence-electron chi connectivity index (χ1n) is 5.94. The number of hydrogen-bond donors (Lipinski definition) is 2. The molecule has 0 aliphatic heterocycles. The van der Waals surface area contributed by atoms with E-state index in [1.807, 2.05) is 6.92 Å². The maximum absolute atomic E-state index is 11.9. The van der Waals surface area contributed by atoms with Crippen LogP contribution in [-0.4, -0.2) is 17.0 Å². The largest absolute Gasteiger partial charge is 0.478 e. The van der Waals surface area contributed by atoms with Crippen LogP contribution in [0.3, 0.4) is 0 Å². The standard InChI is InChI=1S/C14H12ClNO4/c1-2-9-4-6-12(20-9)13(17)16-8-3-5-10(14(18)19)11(15)7-8/h3-7H,2H2,1H3,(H,16,17)(H,18,19). The molecule has 0 spiro atoms. The number of amides is 1. The highest BCUT2D eigenvalue weighted by molar-refractivity contribution is 6.33. The molecule has 1 aromatic carbocycles. The number of nitrogens with one attached hydrogen (secondary N) is 1. The molecule has 6 heteroatoms. The van der Waals surface area contributed by atoms with Crippen molar-refractivity contribution in [3.63, 3.8) is 0 Å². The van der Waals surface area contributed by atoms with Crippen LogP contribution in [0, 0.1) is 0 Å². The Labute approximate surface area is 120 Å². The Kier molecular flexibility index (Phi) is 4.10. The highest BCUT2D eigenvalue weighted by Crippen LogP contribution is 2.21. The van der Waals surface area contributed by atoms with Gasteiger partial charge in [-0.2, -0.15) is 0 Å². The van der Waals surface area contributed by atoms with Crippen LogP contribution in [-0.2, 0) is 6.42 Å². The molecule has 104 valence electrons. The maximum atomic E-state index is 11.9. The van der Waals surface area contributed by atoms with E-state index < -0.39 is 11.9 Å². The van der Waals surface area contributed by atoms with Crippen molar-refractivity contribution in [2.45, 2.75) is 13.3 Å². The second-order valence-corrected chi connectivity index (χ2v) is 4.48. The zero-order valence-electron chi connectivity index (χ0n) is 10.6. The monoisotopic (exact) mass is 293 g/mol. The van der Waals surface area contributed by atoms with Gasteiger partial charge in [0.2, 0.25) is 0 Å². The number of hydrogen-bond acceptors (Lipinski definition) is 3. The van der Waals surface area contributed by atoms with Crippen molar-refractivity contribution in [1.82, 2.24) is 0 Å². The van der Waals surface area contributed by atoms with Crippen LogP contribution in [0.4, 0.5) is 5.69 Å². The van der Waals surface area contributed by atoms with Gasteiger partial charge in [-0.1, -0.05) is 18.5 Å². The van der Waals surface area contributed by atoms with Crippen molar-refractivity contribution in [3.05, 3.63) is 52.4 Å². The summed E-state index contributed by atoms with van der Waals surface area (Å²) in [5.74, 6) is -0.620. The normalized spacial score (nSPS) is 10.3. The summed E-state index contributed by atoms with van der Waals surface area (Å²) in [6, 6.07) is 7.50. The molecule has 1 amide bonds. The Balaban J connectivity index is 2.15. The molecule has 2 N–H and O–H groups in total. The topological polar surface area (TPSA) is 79.5 Å². The van der Waals surface area contributed by atoms with E-state index in [1.54, 1.807) is 12.1 Å². The predicted molar refractivity (Wildman–Crippen MR) is 74.5 cm³/mol. The zero-order valence-corrected chi connectivity index (χ0v) is 11.4. The van der Waals surface area contributed by atoms with Crippen molar-refractivity contribution < 1.29 is 19.1 Å². The lowest BCUT2D eigenvalue weighted by molar-refractivity contribution is 0.0697. The molecule has 20 heavy (non-hydrogen) atoms. The molecule has 5 nitrogen and oxygen atoms in total. The first-order chi connectivity index (χ1) is 9.51. The van der Waals surface area contributed by atoms with E-state index in [0.29, 0.717) is 12.1 Å². The third-order valence-corrected chi connectivity index (χ3v) is 3.00. The SMILES string of the molecule is CCc1ccc(C(=O)Nc2ccc(C(=O)O)c(Cl)c2)o1. The Morgan fingerprint density at radius 1 is 1.30 bits per heavy atom. The van der Waals surface area contributed by atoms with Gasteiger partial charge in [0, 0.05) is 12.1 Å². The Hall–Kier alpha value is -2.27. The minimum absolute atomic E-state index is 0.0177. The summed E-state index contributed by atoms with van der Waals surface area (Å²) in [6.45, 7) is 1.92. The van der Waals surface area contributed by atoms with E-state index in [-0.39, 0.29) is 16.3 Å². The molecular weight excluding hydrogens is 282 g/mol. The summed E-state index contributed by atoms with van der Waals surface area (Å²) in [4.78, 5) is 22.7. The summed E-state index contributed by atoms with van der Waals surface area (Å²) in [6.07, 6.45) is 0.701. The predicted octanol–water partition coefficient (Wildman–Crippen LogP) is 3.45. The number of anilines is 1. The average Bonchev–Trinajstić information content (AvgIpc) is 2.87. The summed E-state index contributed by atoms with van der Waals surface area (Å²) in [7, 11) is 0. The van der Waals surface area contributed by atoms with E-state index in [9.17, 15) is 9.59 Å². The molecule has 0 aliphatic carbocycles. The molecular formula is C14H12ClNO4. The number of aromatic carboxylic acids is 1. The fourth-order valence-corrected chi connectivity index (χ4v) is 1.91. The van der Waals surface area contributed by atoms with Crippen molar-refractivity contribution in [2.75, 3.05) is 5.32 Å². The van der Waals surface area contributed by atoms with Gasteiger partial charge in [0.25, 0.3) is 5.91 Å². The summed E-state index contributed by atoms with van der Waals surface area (Å²) >= 11 is 5.82. The highest BCUT2D eigenvalue weighted by atomic mass is 35.5. The molecule has 0 saturated carbocycles. The number of carboxylic acids is 1. The Morgan fingerprint density at radius 3 is 2.60 bits per heavy atom. The summed E-state index contributed by atoms with van der Waals surface area (Å²) in [5.41, 5.74) is 0.385. The third kappa shape index (κ3) is 3.00. The van der Waals surface area contributed by atoms with Crippen LogP contribution in [0.25, 0.3) is 0 Å². The summed E-state index contributed by atoms with van der Waals surface area (Å²) < 4.78 is 5.32. The van der Waals surface area contributed by atoms with Crippen molar-refractivity contribution >= 4 is 29.2 Å². The number of furan rings is 1. The van der Waals surface area contributed by atoms with E-state index in [1.165, 1.54) is 18.2 Å². The van der Waals surface area contributed by atoms with Crippen LogP contribution in [0.5, 0.6) is 0 Å². The van der Waals surface area contributed by atoms with Crippen LogP contribution in [0.15, 0.2) is 34.7 Å². The highest BCUT2D eigenvalue weighted by Gasteiger charge is 2.13. The molecule has 0 bridgehead atoms. The lowest BCUT2D eigenvalue weighted by atomic mass is 10.2. The first kappa shape index (κ1) is 14.1. The molecule has 2 rings (SSSR count). The molecule has 0 fully saturated rings. The smallest absolute Gasteiger partial charge is 0.337 e. The van der Waals surface area contributed by atoms with Gasteiger partial charge in [0.15, 0.2) is 5.76 Å². The van der Waals surface area contributed by atoms with Gasteiger partial charge in [-0.3, -0.25) is 4.79 Å². The number of halogens is 1. The summed E-state index contributed by atoms with van der Waals surface area (Å²) in [5, 5.41) is 11.5. The number of carboxylic acid groups (broad SMARTS) is 1. The maximum Gasteiger partial charge on any atom is 0.337 e. The number of benzene rings is 1. The second kappa shape index (κ2) is 5.79. The van der Waals surface area contributed by atoms with Gasteiger partial charge in [0.05, 0.1) is 10.6 Å². The first-order valence-corrected chi connectivity index (χ1v) is 6.32. The molecule has 0 saturated heterocycles. The average molecular weight is 294 g/mol. The third-order valence-electron chi connectivity index (χ3n) is 2.69. The molecule has 0 aliphatic rings. The van der Waals surface area contributed by atoms with Crippen LogP contribution < -0.4 is 5.32 Å². The number of aryl methyl sites for hydroxylation is 1. The van der Waals surface area contributed by atoms with Crippen LogP contribution in [0.2, 0.25) is 5.02 Å². The van der Waals surface area contributed by atoms with E-state index in [0.717, 1.165) is 5.76 Å². The van der Waals surface area contributed by atoms with Crippen molar-refractivity contribution in [2.24, 2.45) is 0 Å². The van der Waals surface area contributed by atoms with Gasteiger partial charge < -0.3 is 14.8 Å². The van der Waals surface area contributed by atoms with E-state index >= 15 is 0 Å². The Morgan fingerprint density at radius 2 is 2.05 bits per heavy atom. The minimum atomic E-state index is -1.12. The lowest BCUT2D eigenvalue weighted by Crippen LogP contribution is -2.11. The quantitative estimate of drug-likeness (QED) is 0.905. The van der Waals surface area contributed by atoms with Gasteiger partial charge in [-0.25, -0.2) is 4.79 Å². The van der Waals surface area contributed by atoms with E-state index in [2.05, 4.69) is 5.32 Å². The van der Waals surface area contributed by atoms with Crippen molar-refractivity contribution in [3.8, 4) is 0 Å². The molecule has 0 radical (unpaired) electrons. The van der Waals surface area contributed by atoms with Gasteiger partial charge in [0.1, 0.15) is 5.76 Å².